The number of aliphatic hydroxyl groups excluding tert-OH is 1. The summed E-state index contributed by atoms with van der Waals surface area (Å²) < 4.78 is 17.1. The molecule has 4 fully saturated rings. The van der Waals surface area contributed by atoms with Crippen LogP contribution in [-0.2, 0) is 14.9 Å². The fraction of sp³-hybridized carbons (Fsp3) is 0.484. The summed E-state index contributed by atoms with van der Waals surface area (Å²) in [7, 11) is 1.68. The first-order valence-electron chi connectivity index (χ1n) is 13.1. The van der Waals surface area contributed by atoms with Gasteiger partial charge in [0.15, 0.2) is 6.79 Å². The highest BCUT2D eigenvalue weighted by Gasteiger charge is 2.52. The van der Waals surface area contributed by atoms with E-state index in [1.165, 1.54) is 49.5 Å². The third kappa shape index (κ3) is 4.48. The van der Waals surface area contributed by atoms with Gasteiger partial charge in [-0.15, -0.1) is 0 Å². The molecule has 0 aliphatic heterocycles. The Hall–Kier alpha value is -2.40. The number of fused-ring (bicyclic) bond motifs is 1. The van der Waals surface area contributed by atoms with Crippen molar-refractivity contribution < 1.29 is 19.3 Å². The molecule has 35 heavy (non-hydrogen) atoms. The lowest BCUT2D eigenvalue weighted by molar-refractivity contribution is -0.0188. The second-order valence-corrected chi connectivity index (χ2v) is 11.1. The van der Waals surface area contributed by atoms with Crippen molar-refractivity contribution in [2.24, 2.45) is 17.8 Å². The van der Waals surface area contributed by atoms with Crippen molar-refractivity contribution in [3.05, 3.63) is 77.4 Å². The lowest BCUT2D eigenvalue weighted by Crippen LogP contribution is -2.48. The largest absolute Gasteiger partial charge is 0.467 e. The molecule has 4 aliphatic carbocycles. The van der Waals surface area contributed by atoms with Gasteiger partial charge in [-0.3, -0.25) is 0 Å². The van der Waals surface area contributed by atoms with Gasteiger partial charge in [0.25, 0.3) is 0 Å². The molecule has 184 valence electrons. The number of benzene rings is 3. The maximum absolute atomic E-state index is 11.0. The molecular formula is C31H36O4. The first kappa shape index (κ1) is 23.0. The summed E-state index contributed by atoms with van der Waals surface area (Å²) in [5.41, 5.74) is 3.41. The zero-order chi connectivity index (χ0) is 23.8. The molecule has 1 unspecified atom stereocenters. The van der Waals surface area contributed by atoms with Crippen LogP contribution in [0.3, 0.4) is 0 Å². The Morgan fingerprint density at radius 3 is 2.23 bits per heavy atom. The Morgan fingerprint density at radius 1 is 0.829 bits per heavy atom. The lowest BCUT2D eigenvalue weighted by Gasteiger charge is -2.57. The van der Waals surface area contributed by atoms with Crippen LogP contribution in [0.15, 0.2) is 60.7 Å². The molecular weight excluding hydrogens is 436 g/mol. The van der Waals surface area contributed by atoms with E-state index in [9.17, 15) is 5.11 Å². The van der Waals surface area contributed by atoms with Crippen LogP contribution in [0.5, 0.6) is 5.75 Å². The molecule has 0 spiro atoms. The number of hydrogen-bond donors (Lipinski definition) is 1. The average Bonchev–Trinajstić information content (AvgIpc) is 2.87. The monoisotopic (exact) mass is 472 g/mol. The van der Waals surface area contributed by atoms with E-state index in [0.717, 1.165) is 40.0 Å². The molecule has 0 amide bonds. The molecule has 1 atom stereocenters. The Labute approximate surface area is 208 Å². The number of aliphatic hydroxyl groups is 1. The predicted molar refractivity (Wildman–Crippen MR) is 138 cm³/mol. The van der Waals surface area contributed by atoms with Gasteiger partial charge in [-0.2, -0.15) is 0 Å². The van der Waals surface area contributed by atoms with E-state index in [1.54, 1.807) is 7.11 Å². The number of methoxy groups -OCH3 is 1. The van der Waals surface area contributed by atoms with Crippen LogP contribution < -0.4 is 4.74 Å². The fourth-order valence-corrected chi connectivity index (χ4v) is 7.57. The summed E-state index contributed by atoms with van der Waals surface area (Å²) in [5, 5.41) is 13.4. The minimum absolute atomic E-state index is 0.207. The first-order chi connectivity index (χ1) is 17.1. The molecule has 0 radical (unpaired) electrons. The second-order valence-electron chi connectivity index (χ2n) is 11.1. The number of rotatable bonds is 9. The van der Waals surface area contributed by atoms with Crippen molar-refractivity contribution in [3.8, 4) is 5.75 Å². The summed E-state index contributed by atoms with van der Waals surface area (Å²) in [5.74, 6) is 3.53. The van der Waals surface area contributed by atoms with Gasteiger partial charge in [0.05, 0.1) is 13.2 Å². The summed E-state index contributed by atoms with van der Waals surface area (Å²) in [4.78, 5) is 0. The summed E-state index contributed by atoms with van der Waals surface area (Å²) >= 11 is 0. The van der Waals surface area contributed by atoms with Crippen LogP contribution >= 0.6 is 0 Å². The van der Waals surface area contributed by atoms with E-state index < -0.39 is 6.10 Å². The van der Waals surface area contributed by atoms with Gasteiger partial charge in [0.1, 0.15) is 11.9 Å². The van der Waals surface area contributed by atoms with Crippen molar-refractivity contribution in [1.82, 2.24) is 0 Å². The van der Waals surface area contributed by atoms with Crippen LogP contribution in [0, 0.1) is 17.8 Å². The SMILES string of the molecule is COCCOCOc1cc2ccc(C(O)c3ccccc3)cc2cc1C12CC3CC(CC(C3)C1)C2. The summed E-state index contributed by atoms with van der Waals surface area (Å²) in [6.45, 7) is 1.33. The Morgan fingerprint density at radius 2 is 1.54 bits per heavy atom. The van der Waals surface area contributed by atoms with Gasteiger partial charge < -0.3 is 19.3 Å². The van der Waals surface area contributed by atoms with Gasteiger partial charge in [-0.25, -0.2) is 0 Å². The highest BCUT2D eigenvalue weighted by molar-refractivity contribution is 5.86. The standard InChI is InChI=1S/C31H36O4/c1-33-9-10-34-20-35-29-16-25-7-8-26(30(32)24-5-3-2-4-6-24)14-27(25)15-28(29)31-17-21-11-22(18-31)13-23(12-21)19-31/h2-8,14-16,21-23,30,32H,9-13,17-20H2,1H3. The van der Waals surface area contributed by atoms with E-state index in [1.807, 2.05) is 36.4 Å². The smallest absolute Gasteiger partial charge is 0.189 e. The molecule has 4 bridgehead atoms. The summed E-state index contributed by atoms with van der Waals surface area (Å²) in [6.07, 6.45) is 7.44. The van der Waals surface area contributed by atoms with E-state index in [2.05, 4.69) is 24.3 Å². The minimum atomic E-state index is -0.631. The second kappa shape index (κ2) is 9.57. The van der Waals surface area contributed by atoms with Gasteiger partial charge in [-0.1, -0.05) is 42.5 Å². The van der Waals surface area contributed by atoms with Crippen molar-refractivity contribution in [2.75, 3.05) is 27.1 Å². The van der Waals surface area contributed by atoms with Crippen LogP contribution in [0.2, 0.25) is 0 Å². The van der Waals surface area contributed by atoms with Crippen molar-refractivity contribution >= 4 is 10.8 Å². The Bertz CT molecular complexity index is 1140. The molecule has 1 N–H and O–H groups in total. The van der Waals surface area contributed by atoms with Crippen molar-refractivity contribution in [2.45, 2.75) is 50.0 Å². The third-order valence-corrected chi connectivity index (χ3v) is 8.73. The van der Waals surface area contributed by atoms with Crippen LogP contribution in [0.25, 0.3) is 10.8 Å². The molecule has 0 aromatic heterocycles. The molecule has 3 aromatic carbocycles. The van der Waals surface area contributed by atoms with Gasteiger partial charge >= 0.3 is 0 Å². The van der Waals surface area contributed by atoms with Gasteiger partial charge in [0.2, 0.25) is 0 Å². The van der Waals surface area contributed by atoms with Crippen LogP contribution in [0.1, 0.15) is 61.3 Å². The van der Waals surface area contributed by atoms with Gasteiger partial charge in [0, 0.05) is 12.7 Å². The fourth-order valence-electron chi connectivity index (χ4n) is 7.57. The summed E-state index contributed by atoms with van der Waals surface area (Å²) in [6, 6.07) is 20.8. The third-order valence-electron chi connectivity index (χ3n) is 8.73. The maximum Gasteiger partial charge on any atom is 0.189 e. The molecule has 4 nitrogen and oxygen atoms in total. The van der Waals surface area contributed by atoms with E-state index in [0.29, 0.717) is 13.2 Å². The van der Waals surface area contributed by atoms with E-state index in [4.69, 9.17) is 14.2 Å². The topological polar surface area (TPSA) is 47.9 Å². The van der Waals surface area contributed by atoms with Crippen LogP contribution in [0.4, 0.5) is 0 Å². The highest BCUT2D eigenvalue weighted by atomic mass is 16.7. The molecule has 7 rings (SSSR count). The van der Waals surface area contributed by atoms with Crippen molar-refractivity contribution in [1.29, 1.82) is 0 Å². The Balaban J connectivity index is 1.37. The number of ether oxygens (including phenoxy) is 3. The number of hydrogen-bond acceptors (Lipinski definition) is 4. The molecule has 3 aromatic rings. The molecule has 0 saturated heterocycles. The predicted octanol–water partition coefficient (Wildman–Crippen LogP) is 6.39. The van der Waals surface area contributed by atoms with Crippen LogP contribution in [-0.4, -0.2) is 32.2 Å². The minimum Gasteiger partial charge on any atom is -0.467 e. The van der Waals surface area contributed by atoms with Crippen molar-refractivity contribution in [3.63, 3.8) is 0 Å². The van der Waals surface area contributed by atoms with E-state index in [-0.39, 0.29) is 12.2 Å². The normalized spacial score (nSPS) is 27.9. The zero-order valence-corrected chi connectivity index (χ0v) is 20.6. The molecule has 0 heterocycles. The molecule has 4 aliphatic rings. The lowest BCUT2D eigenvalue weighted by atomic mass is 9.48. The Kier molecular flexibility index (Phi) is 6.30. The van der Waals surface area contributed by atoms with Gasteiger partial charge in [-0.05, 0) is 102 Å². The molecule has 4 saturated carbocycles. The quantitative estimate of drug-likeness (QED) is 0.290. The van der Waals surface area contributed by atoms with E-state index >= 15 is 0 Å². The highest BCUT2D eigenvalue weighted by Crippen LogP contribution is 2.62. The zero-order valence-electron chi connectivity index (χ0n) is 20.6. The average molecular weight is 473 g/mol. The maximum atomic E-state index is 11.0. The first-order valence-corrected chi connectivity index (χ1v) is 13.1. The molecule has 4 heteroatoms.